The molecule has 0 aliphatic rings. The van der Waals surface area contributed by atoms with Gasteiger partial charge in [0.25, 0.3) is 5.91 Å². The Labute approximate surface area is 118 Å². The number of anilines is 1. The summed E-state index contributed by atoms with van der Waals surface area (Å²) in [6.45, 7) is 2.40. The molecule has 94 valence electrons. The van der Waals surface area contributed by atoms with E-state index >= 15 is 0 Å². The Kier molecular flexibility index (Phi) is 4.04. The summed E-state index contributed by atoms with van der Waals surface area (Å²) in [6, 6.07) is 9.53. The summed E-state index contributed by atoms with van der Waals surface area (Å²) in [4.78, 5) is 13.5. The van der Waals surface area contributed by atoms with Crippen molar-refractivity contribution in [2.24, 2.45) is 0 Å². The van der Waals surface area contributed by atoms with E-state index in [-0.39, 0.29) is 5.91 Å². The molecule has 0 fully saturated rings. The number of nitrogen functional groups attached to an aromatic ring is 1. The van der Waals surface area contributed by atoms with E-state index in [9.17, 15) is 4.79 Å². The quantitative estimate of drug-likeness (QED) is 0.909. The number of carbonyl (C=O) groups excluding carboxylic acids is 1. The molecule has 0 unspecified atom stereocenters. The normalized spacial score (nSPS) is 10.3. The SMILES string of the molecule is Cc1sc(C(=O)NCc2ccccc2Br)cc1N. The number of nitrogens with one attached hydrogen (secondary N) is 1. The Morgan fingerprint density at radius 3 is 2.78 bits per heavy atom. The average Bonchev–Trinajstić information content (AvgIpc) is 2.68. The topological polar surface area (TPSA) is 55.1 Å². The average molecular weight is 325 g/mol. The number of amides is 1. The molecule has 0 saturated heterocycles. The van der Waals surface area contributed by atoms with Crippen molar-refractivity contribution in [3.05, 3.63) is 50.1 Å². The number of thiophene rings is 1. The zero-order valence-corrected chi connectivity index (χ0v) is 12.3. The predicted octanol–water partition coefficient (Wildman–Crippen LogP) is 3.33. The van der Waals surface area contributed by atoms with Crippen LogP contribution < -0.4 is 11.1 Å². The molecule has 0 spiro atoms. The van der Waals surface area contributed by atoms with Gasteiger partial charge in [0.1, 0.15) is 0 Å². The van der Waals surface area contributed by atoms with Gasteiger partial charge in [-0.05, 0) is 24.6 Å². The minimum Gasteiger partial charge on any atom is -0.398 e. The lowest BCUT2D eigenvalue weighted by molar-refractivity contribution is 0.0955. The lowest BCUT2D eigenvalue weighted by atomic mass is 10.2. The Morgan fingerprint density at radius 2 is 2.17 bits per heavy atom. The largest absolute Gasteiger partial charge is 0.398 e. The van der Waals surface area contributed by atoms with Crippen LogP contribution in [0.25, 0.3) is 0 Å². The van der Waals surface area contributed by atoms with E-state index in [0.717, 1.165) is 14.9 Å². The maximum Gasteiger partial charge on any atom is 0.261 e. The smallest absolute Gasteiger partial charge is 0.261 e. The van der Waals surface area contributed by atoms with Gasteiger partial charge in [0.2, 0.25) is 0 Å². The number of hydrogen-bond acceptors (Lipinski definition) is 3. The third-order valence-corrected chi connectivity index (χ3v) is 4.42. The molecular weight excluding hydrogens is 312 g/mol. The molecule has 5 heteroatoms. The van der Waals surface area contributed by atoms with Crippen LogP contribution in [0.2, 0.25) is 0 Å². The molecule has 1 aromatic heterocycles. The summed E-state index contributed by atoms with van der Waals surface area (Å²) < 4.78 is 0.993. The Morgan fingerprint density at radius 1 is 1.44 bits per heavy atom. The van der Waals surface area contributed by atoms with E-state index in [1.807, 2.05) is 31.2 Å². The van der Waals surface area contributed by atoms with E-state index in [4.69, 9.17) is 5.73 Å². The van der Waals surface area contributed by atoms with Gasteiger partial charge < -0.3 is 11.1 Å². The van der Waals surface area contributed by atoms with Crippen molar-refractivity contribution in [1.29, 1.82) is 0 Å². The highest BCUT2D eigenvalue weighted by Crippen LogP contribution is 2.23. The van der Waals surface area contributed by atoms with Gasteiger partial charge in [-0.25, -0.2) is 0 Å². The third kappa shape index (κ3) is 2.91. The molecule has 1 heterocycles. The maximum atomic E-state index is 11.9. The molecular formula is C13H13BrN2OS. The fourth-order valence-corrected chi connectivity index (χ4v) is 2.79. The molecule has 3 nitrogen and oxygen atoms in total. The first kappa shape index (κ1) is 13.1. The molecule has 0 atom stereocenters. The van der Waals surface area contributed by atoms with Crippen molar-refractivity contribution < 1.29 is 4.79 Å². The zero-order valence-electron chi connectivity index (χ0n) is 9.87. The van der Waals surface area contributed by atoms with Crippen molar-refractivity contribution in [2.45, 2.75) is 13.5 Å². The van der Waals surface area contributed by atoms with Crippen LogP contribution in [0.4, 0.5) is 5.69 Å². The van der Waals surface area contributed by atoms with Crippen molar-refractivity contribution in [3.63, 3.8) is 0 Å². The van der Waals surface area contributed by atoms with Crippen molar-refractivity contribution in [3.8, 4) is 0 Å². The molecule has 0 bridgehead atoms. The minimum atomic E-state index is -0.0875. The van der Waals surface area contributed by atoms with E-state index < -0.39 is 0 Å². The molecule has 0 aliphatic heterocycles. The van der Waals surface area contributed by atoms with Crippen LogP contribution in [0.5, 0.6) is 0 Å². The van der Waals surface area contributed by atoms with Crippen LogP contribution in [-0.4, -0.2) is 5.91 Å². The number of aryl methyl sites for hydroxylation is 1. The summed E-state index contributed by atoms with van der Waals surface area (Å²) in [7, 11) is 0. The predicted molar refractivity (Wildman–Crippen MR) is 78.8 cm³/mol. The van der Waals surface area contributed by atoms with Crippen molar-refractivity contribution in [1.82, 2.24) is 5.32 Å². The van der Waals surface area contributed by atoms with Crippen molar-refractivity contribution in [2.75, 3.05) is 5.73 Å². The Hall–Kier alpha value is -1.33. The van der Waals surface area contributed by atoms with Crippen LogP contribution in [0, 0.1) is 6.92 Å². The number of halogens is 1. The van der Waals surface area contributed by atoms with Crippen LogP contribution in [0.3, 0.4) is 0 Å². The second kappa shape index (κ2) is 5.54. The van der Waals surface area contributed by atoms with Gasteiger partial charge in [-0.15, -0.1) is 11.3 Å². The summed E-state index contributed by atoms with van der Waals surface area (Å²) in [6.07, 6.45) is 0. The second-order valence-electron chi connectivity index (χ2n) is 3.90. The number of nitrogens with two attached hydrogens (primary N) is 1. The van der Waals surface area contributed by atoms with E-state index in [0.29, 0.717) is 17.1 Å². The summed E-state index contributed by atoms with van der Waals surface area (Å²) in [5.41, 5.74) is 7.45. The van der Waals surface area contributed by atoms with Crippen LogP contribution in [-0.2, 0) is 6.54 Å². The van der Waals surface area contributed by atoms with E-state index in [1.165, 1.54) is 11.3 Å². The van der Waals surface area contributed by atoms with Gasteiger partial charge in [0.15, 0.2) is 0 Å². The number of benzene rings is 1. The van der Waals surface area contributed by atoms with Gasteiger partial charge in [-0.1, -0.05) is 34.1 Å². The molecule has 2 aromatic rings. The fraction of sp³-hybridized carbons (Fsp3) is 0.154. The molecule has 0 saturated carbocycles. The first-order chi connectivity index (χ1) is 8.58. The summed E-state index contributed by atoms with van der Waals surface area (Å²) >= 11 is 4.86. The Bertz CT molecular complexity index is 561. The van der Waals surface area contributed by atoms with Gasteiger partial charge in [0, 0.05) is 21.6 Å². The summed E-state index contributed by atoms with van der Waals surface area (Å²) in [5, 5.41) is 2.88. The second-order valence-corrected chi connectivity index (χ2v) is 6.01. The van der Waals surface area contributed by atoms with Crippen LogP contribution in [0.1, 0.15) is 20.1 Å². The van der Waals surface area contributed by atoms with Gasteiger partial charge in [-0.3, -0.25) is 4.79 Å². The first-order valence-corrected chi connectivity index (χ1v) is 7.06. The fourth-order valence-electron chi connectivity index (χ4n) is 1.51. The monoisotopic (exact) mass is 324 g/mol. The minimum absolute atomic E-state index is 0.0875. The highest BCUT2D eigenvalue weighted by molar-refractivity contribution is 9.10. The van der Waals surface area contributed by atoms with E-state index in [2.05, 4.69) is 21.2 Å². The third-order valence-electron chi connectivity index (χ3n) is 2.58. The lowest BCUT2D eigenvalue weighted by Gasteiger charge is -2.05. The molecule has 0 radical (unpaired) electrons. The number of hydrogen-bond donors (Lipinski definition) is 2. The highest BCUT2D eigenvalue weighted by Gasteiger charge is 2.10. The number of carbonyl (C=O) groups is 1. The summed E-state index contributed by atoms with van der Waals surface area (Å²) in [5.74, 6) is -0.0875. The molecule has 0 aliphatic carbocycles. The van der Waals surface area contributed by atoms with Gasteiger partial charge in [-0.2, -0.15) is 0 Å². The van der Waals surface area contributed by atoms with Crippen molar-refractivity contribution >= 4 is 38.9 Å². The molecule has 1 amide bonds. The molecule has 1 aromatic carbocycles. The van der Waals surface area contributed by atoms with Gasteiger partial charge in [0.05, 0.1) is 4.88 Å². The van der Waals surface area contributed by atoms with Gasteiger partial charge >= 0.3 is 0 Å². The van der Waals surface area contributed by atoms with Crippen LogP contribution >= 0.6 is 27.3 Å². The first-order valence-electron chi connectivity index (χ1n) is 5.45. The standard InChI is InChI=1S/C13H13BrN2OS/c1-8-11(15)6-12(18-8)13(17)16-7-9-4-2-3-5-10(9)14/h2-6H,7,15H2,1H3,(H,16,17). The molecule has 2 rings (SSSR count). The Balaban J connectivity index is 2.03. The molecule has 18 heavy (non-hydrogen) atoms. The lowest BCUT2D eigenvalue weighted by Crippen LogP contribution is -2.21. The maximum absolute atomic E-state index is 11.9. The van der Waals surface area contributed by atoms with E-state index in [1.54, 1.807) is 6.07 Å². The molecule has 3 N–H and O–H groups in total. The van der Waals surface area contributed by atoms with Crippen LogP contribution in [0.15, 0.2) is 34.8 Å². The number of rotatable bonds is 3. The highest BCUT2D eigenvalue weighted by atomic mass is 79.9. The zero-order chi connectivity index (χ0) is 13.1.